The van der Waals surface area contributed by atoms with Gasteiger partial charge in [0.15, 0.2) is 23.0 Å². The molecule has 5 aliphatic heterocycles. The summed E-state index contributed by atoms with van der Waals surface area (Å²) in [4.78, 5) is 42.6. The van der Waals surface area contributed by atoms with Crippen LogP contribution in [-0.2, 0) is 39.1 Å². The molecule has 0 spiro atoms. The Kier molecular flexibility index (Phi) is 27.1. The van der Waals surface area contributed by atoms with Crippen molar-refractivity contribution in [3.8, 4) is 23.0 Å². The van der Waals surface area contributed by atoms with Gasteiger partial charge in [-0.15, -0.1) is 0 Å². The van der Waals surface area contributed by atoms with E-state index in [0.29, 0.717) is 55.0 Å². The SMILES string of the molecule is C1=CC(/C=C/c2cccc3c2OCO3)=NC1.FC(F)(F)c1ccc(/C=C/C2=NCC=C2)c(Cl)c1.FC(F)(F)c1ccccc1/C=C/C1=NCC=C1.O=C/C=C/c1ccc(C(F)(F)F)cc1Cl.O=C/C=C/c1cccc2c1OCO2.O=C/C=C/c1ccccc1C(F)(F)F. The van der Waals surface area contributed by atoms with Gasteiger partial charge in [0, 0.05) is 21.2 Å². The molecule has 0 aromatic heterocycles. The van der Waals surface area contributed by atoms with Crippen LogP contribution in [0.2, 0.25) is 10.0 Å². The normalized spacial score (nSPS) is 14.4. The Morgan fingerprint density at radius 2 is 0.688 bits per heavy atom. The number of alkyl halides is 12. The molecule has 93 heavy (non-hydrogen) atoms. The minimum absolute atomic E-state index is 0.00731. The number of aldehydes is 3. The van der Waals surface area contributed by atoms with E-state index < -0.39 is 47.0 Å². The van der Waals surface area contributed by atoms with E-state index in [0.717, 1.165) is 107 Å². The molecule has 0 aliphatic carbocycles. The smallest absolute Gasteiger partial charge is 0.416 e. The Bertz CT molecular complexity index is 3960. The maximum absolute atomic E-state index is 12.7. The second kappa shape index (κ2) is 34.9. The molecule has 11 rings (SSSR count). The zero-order valence-electron chi connectivity index (χ0n) is 48.2. The summed E-state index contributed by atoms with van der Waals surface area (Å²) in [5.41, 5.74) is 2.50. The third kappa shape index (κ3) is 23.3. The first-order chi connectivity index (χ1) is 44.4. The lowest BCUT2D eigenvalue weighted by Crippen LogP contribution is -2.06. The summed E-state index contributed by atoms with van der Waals surface area (Å²) in [7, 11) is 0. The van der Waals surface area contributed by atoms with Crippen molar-refractivity contribution < 1.29 is 86.0 Å². The van der Waals surface area contributed by atoms with E-state index >= 15 is 0 Å². The van der Waals surface area contributed by atoms with Gasteiger partial charge in [-0.2, -0.15) is 52.7 Å². The molecule has 10 nitrogen and oxygen atoms in total. The van der Waals surface area contributed by atoms with Gasteiger partial charge >= 0.3 is 24.7 Å². The molecule has 5 heterocycles. The van der Waals surface area contributed by atoms with Crippen LogP contribution in [-0.4, -0.2) is 69.2 Å². The second-order valence-electron chi connectivity index (χ2n) is 18.8. The molecule has 482 valence electrons. The van der Waals surface area contributed by atoms with Crippen molar-refractivity contribution in [2.24, 2.45) is 15.0 Å². The zero-order valence-corrected chi connectivity index (χ0v) is 49.7. The highest BCUT2D eigenvalue weighted by molar-refractivity contribution is 6.32. The maximum atomic E-state index is 12.7. The fraction of sp³-hybridized carbons (Fsp3) is 0.130. The summed E-state index contributed by atoms with van der Waals surface area (Å²) in [5, 5.41) is 0.0339. The number of hydrogen-bond donors (Lipinski definition) is 0. The fourth-order valence-electron chi connectivity index (χ4n) is 8.08. The van der Waals surface area contributed by atoms with Crippen molar-refractivity contribution in [2.75, 3.05) is 33.2 Å². The Balaban J connectivity index is 0.000000178. The monoisotopic (exact) mass is 1330 g/mol. The highest BCUT2D eigenvalue weighted by atomic mass is 35.5. The number of carbonyl (C=O) groups is 3. The lowest BCUT2D eigenvalue weighted by atomic mass is 10.1. The zero-order chi connectivity index (χ0) is 67.4. The molecule has 0 saturated carbocycles. The van der Waals surface area contributed by atoms with E-state index in [9.17, 15) is 67.1 Å². The predicted octanol–water partition coefficient (Wildman–Crippen LogP) is 18.7. The van der Waals surface area contributed by atoms with Gasteiger partial charge in [0.25, 0.3) is 0 Å². The molecule has 0 amide bonds. The third-order valence-corrected chi connectivity index (χ3v) is 13.1. The summed E-state index contributed by atoms with van der Waals surface area (Å²) in [6.07, 6.45) is 13.8. The highest BCUT2D eigenvalue weighted by Gasteiger charge is 2.34. The summed E-state index contributed by atoms with van der Waals surface area (Å²) >= 11 is 11.4. The minimum atomic E-state index is -4.41. The van der Waals surface area contributed by atoms with Crippen molar-refractivity contribution in [3.05, 3.63) is 260 Å². The number of benzene rings is 6. The fourth-order valence-corrected chi connectivity index (χ4v) is 8.57. The summed E-state index contributed by atoms with van der Waals surface area (Å²) in [5.74, 6) is 3.07. The number of nitrogens with zero attached hydrogens (tertiary/aromatic N) is 3. The first-order valence-corrected chi connectivity index (χ1v) is 28.0. The lowest BCUT2D eigenvalue weighted by Gasteiger charge is -2.09. The predicted molar refractivity (Wildman–Crippen MR) is 338 cm³/mol. The van der Waals surface area contributed by atoms with E-state index in [4.69, 9.17) is 42.1 Å². The van der Waals surface area contributed by atoms with Crippen molar-refractivity contribution in [1.29, 1.82) is 0 Å². The largest absolute Gasteiger partial charge is 0.454 e. The van der Waals surface area contributed by atoms with Crippen LogP contribution in [0.25, 0.3) is 36.5 Å². The molecule has 0 unspecified atom stereocenters. The Hall–Kier alpha value is -10.1. The van der Waals surface area contributed by atoms with E-state index in [2.05, 4.69) is 15.0 Å². The molecule has 0 atom stereocenters. The summed E-state index contributed by atoms with van der Waals surface area (Å²) < 4.78 is 170. The number of carbonyl (C=O) groups excluding carboxylic acids is 3. The van der Waals surface area contributed by atoms with Crippen LogP contribution in [0.5, 0.6) is 23.0 Å². The molecule has 0 fully saturated rings. The quantitative estimate of drug-likeness (QED) is 0.0679. The van der Waals surface area contributed by atoms with Crippen LogP contribution >= 0.6 is 23.2 Å². The number of para-hydroxylation sites is 2. The van der Waals surface area contributed by atoms with Crippen LogP contribution in [0.1, 0.15) is 55.6 Å². The molecule has 5 aliphatic rings. The number of allylic oxidation sites excluding steroid dienone is 9. The standard InChI is InChI=1S/C13H9ClF3N.C13H10F3N.C13H11NO2.C10H6ClF3O.C10H7F3O.C10H8O3/c14-12-8-10(13(15,16)17)5-3-9(12)4-6-11-2-1-7-18-11;14-13(15,16)12-6-2-1-4-10(12)7-8-11-5-3-9-17-11;1-3-10(6-7-11-4-2-8-14-11)13-12(5-1)15-9-16-13;11-9-6-8(10(12,13)14)4-3-7(9)2-1-5-15;11-10(12,13)9-6-2-1-4-8(9)5-3-7-14;11-6-2-4-8-3-1-5-9-10(8)13-7-12-9/h1-6,8H,7H2;1-8H,9H2;1-7H,8-9H2;1-6H;1-7H;1-6H,7H2/b6-4+;8-7+;7-6+;2-1+;5-3+;4-2+. The average Bonchev–Trinajstić information content (AvgIpc) is 1.84. The van der Waals surface area contributed by atoms with Crippen molar-refractivity contribution in [2.45, 2.75) is 24.7 Å². The first kappa shape index (κ1) is 72.0. The van der Waals surface area contributed by atoms with Gasteiger partial charge in [0.2, 0.25) is 13.6 Å². The van der Waals surface area contributed by atoms with Crippen LogP contribution < -0.4 is 18.9 Å². The number of aliphatic imine (C=N–C) groups is 3. The Labute approximate surface area is 535 Å². The second-order valence-corrected chi connectivity index (χ2v) is 19.6. The van der Waals surface area contributed by atoms with Crippen LogP contribution in [0.15, 0.2) is 209 Å². The first-order valence-electron chi connectivity index (χ1n) is 27.3. The number of halogens is 14. The van der Waals surface area contributed by atoms with Crippen LogP contribution in [0.4, 0.5) is 52.7 Å². The van der Waals surface area contributed by atoms with Gasteiger partial charge in [-0.1, -0.05) is 139 Å². The van der Waals surface area contributed by atoms with Gasteiger partial charge < -0.3 is 18.9 Å². The third-order valence-electron chi connectivity index (χ3n) is 12.4. The van der Waals surface area contributed by atoms with E-state index in [1.54, 1.807) is 36.4 Å². The molecule has 6 aromatic carbocycles. The van der Waals surface area contributed by atoms with Gasteiger partial charge in [-0.05, 0) is 138 Å². The summed E-state index contributed by atoms with van der Waals surface area (Å²) in [6, 6.07) is 28.2. The molecule has 6 aromatic rings. The molecule has 0 saturated heterocycles. The molecule has 0 bridgehead atoms. The highest BCUT2D eigenvalue weighted by Crippen LogP contribution is 2.39. The summed E-state index contributed by atoms with van der Waals surface area (Å²) in [6.45, 7) is 2.58. The van der Waals surface area contributed by atoms with E-state index in [-0.39, 0.29) is 28.0 Å². The maximum Gasteiger partial charge on any atom is 0.416 e. The van der Waals surface area contributed by atoms with Crippen molar-refractivity contribution >= 4 is 95.7 Å². The molecular weight excluding hydrogens is 1280 g/mol. The van der Waals surface area contributed by atoms with Crippen molar-refractivity contribution in [3.63, 3.8) is 0 Å². The van der Waals surface area contributed by atoms with Gasteiger partial charge in [0.05, 0.1) is 59.0 Å². The minimum Gasteiger partial charge on any atom is -0.454 e. The molecule has 24 heteroatoms. The topological polar surface area (TPSA) is 125 Å². The molecular formula is C69H51Cl2F12N3O7. The number of rotatable bonds is 12. The lowest BCUT2D eigenvalue weighted by molar-refractivity contribution is -0.138. The van der Waals surface area contributed by atoms with Crippen LogP contribution in [0, 0.1) is 0 Å². The molecule has 0 N–H and O–H groups in total. The number of ether oxygens (including phenoxy) is 4. The Morgan fingerprint density at radius 3 is 1.05 bits per heavy atom. The van der Waals surface area contributed by atoms with Gasteiger partial charge in [-0.25, -0.2) is 0 Å². The number of fused-ring (bicyclic) bond motifs is 2. The van der Waals surface area contributed by atoms with E-state index in [1.165, 1.54) is 60.7 Å². The van der Waals surface area contributed by atoms with Gasteiger partial charge in [-0.3, -0.25) is 29.4 Å². The van der Waals surface area contributed by atoms with Crippen LogP contribution in [0.3, 0.4) is 0 Å². The average molecular weight is 1330 g/mol. The molecule has 0 radical (unpaired) electrons. The van der Waals surface area contributed by atoms with E-state index in [1.807, 2.05) is 78.9 Å². The van der Waals surface area contributed by atoms with Gasteiger partial charge in [0.1, 0.15) is 18.9 Å². The Morgan fingerprint density at radius 1 is 0.355 bits per heavy atom. The number of hydrogen-bond acceptors (Lipinski definition) is 10. The van der Waals surface area contributed by atoms with Crippen molar-refractivity contribution in [1.82, 2.24) is 0 Å².